The van der Waals surface area contributed by atoms with Crippen LogP contribution in [0.3, 0.4) is 0 Å². The van der Waals surface area contributed by atoms with E-state index < -0.39 is 0 Å². The van der Waals surface area contributed by atoms with Crippen LogP contribution in [0, 0.1) is 5.41 Å². The fourth-order valence-corrected chi connectivity index (χ4v) is 2.96. The molecule has 1 atom stereocenters. The maximum atomic E-state index is 5.97. The average Bonchev–Trinajstić information content (AvgIpc) is 2.74. The van der Waals surface area contributed by atoms with Gasteiger partial charge in [-0.15, -0.1) is 0 Å². The molecule has 0 unspecified atom stereocenters. The van der Waals surface area contributed by atoms with Gasteiger partial charge in [0.2, 0.25) is 0 Å². The molecule has 0 aromatic carbocycles. The Morgan fingerprint density at radius 1 is 1.24 bits per heavy atom. The Hall–Kier alpha value is -0.930. The van der Waals surface area contributed by atoms with Crippen LogP contribution in [0.5, 0.6) is 0 Å². The Kier molecular flexibility index (Phi) is 3.12. The van der Waals surface area contributed by atoms with E-state index in [2.05, 4.69) is 17.1 Å². The normalized spacial score (nSPS) is 27.4. The van der Waals surface area contributed by atoms with Gasteiger partial charge in [-0.2, -0.15) is 0 Å². The molecule has 1 spiro atoms. The SMILES string of the molecule is c1cc(C[C@@H]2CC3(CCOCC3)CO2)ccn1. The Bertz CT molecular complexity index is 360. The van der Waals surface area contributed by atoms with Crippen molar-refractivity contribution in [2.75, 3.05) is 19.8 Å². The summed E-state index contributed by atoms with van der Waals surface area (Å²) >= 11 is 0. The molecule has 1 aromatic rings. The second kappa shape index (κ2) is 4.75. The maximum absolute atomic E-state index is 5.97. The van der Waals surface area contributed by atoms with Gasteiger partial charge >= 0.3 is 0 Å². The third kappa shape index (κ3) is 2.50. The highest BCUT2D eigenvalue weighted by atomic mass is 16.5. The third-order valence-corrected chi connectivity index (χ3v) is 4.05. The zero-order valence-electron chi connectivity index (χ0n) is 10.1. The van der Waals surface area contributed by atoms with Crippen LogP contribution >= 0.6 is 0 Å². The standard InChI is InChI=1S/C14H19NO2/c1-5-15-6-2-12(1)9-13-10-14(11-17-13)3-7-16-8-4-14/h1-2,5-6,13H,3-4,7-11H2/t13-/m1/s1. The molecule has 92 valence electrons. The van der Waals surface area contributed by atoms with Crippen molar-refractivity contribution in [3.8, 4) is 0 Å². The van der Waals surface area contributed by atoms with Crippen molar-refractivity contribution in [3.63, 3.8) is 0 Å². The van der Waals surface area contributed by atoms with Gasteiger partial charge in [-0.25, -0.2) is 0 Å². The number of rotatable bonds is 2. The third-order valence-electron chi connectivity index (χ3n) is 4.05. The van der Waals surface area contributed by atoms with Crippen LogP contribution in [-0.4, -0.2) is 30.9 Å². The lowest BCUT2D eigenvalue weighted by molar-refractivity contribution is 0.00699. The minimum Gasteiger partial charge on any atom is -0.381 e. The van der Waals surface area contributed by atoms with Gasteiger partial charge < -0.3 is 9.47 Å². The molecule has 2 fully saturated rings. The molecule has 0 saturated carbocycles. The zero-order valence-corrected chi connectivity index (χ0v) is 10.1. The van der Waals surface area contributed by atoms with Crippen LogP contribution in [0.25, 0.3) is 0 Å². The molecule has 0 bridgehead atoms. The molecule has 0 amide bonds. The first-order chi connectivity index (χ1) is 8.36. The summed E-state index contributed by atoms with van der Waals surface area (Å²) in [5, 5.41) is 0. The van der Waals surface area contributed by atoms with E-state index >= 15 is 0 Å². The highest BCUT2D eigenvalue weighted by Gasteiger charge is 2.41. The van der Waals surface area contributed by atoms with E-state index in [4.69, 9.17) is 9.47 Å². The van der Waals surface area contributed by atoms with Crippen LogP contribution in [0.4, 0.5) is 0 Å². The number of hydrogen-bond acceptors (Lipinski definition) is 3. The van der Waals surface area contributed by atoms with Crippen molar-refractivity contribution in [2.24, 2.45) is 5.41 Å². The van der Waals surface area contributed by atoms with Gasteiger partial charge in [-0.1, -0.05) is 0 Å². The average molecular weight is 233 g/mol. The second-order valence-corrected chi connectivity index (χ2v) is 5.31. The van der Waals surface area contributed by atoms with Crippen molar-refractivity contribution in [2.45, 2.75) is 31.8 Å². The molecule has 17 heavy (non-hydrogen) atoms. The minimum atomic E-state index is 0.385. The number of ether oxygens (including phenoxy) is 2. The first-order valence-corrected chi connectivity index (χ1v) is 6.45. The fraction of sp³-hybridized carbons (Fsp3) is 0.643. The summed E-state index contributed by atoms with van der Waals surface area (Å²) in [7, 11) is 0. The van der Waals surface area contributed by atoms with Crippen LogP contribution in [-0.2, 0) is 15.9 Å². The Morgan fingerprint density at radius 2 is 2.00 bits per heavy atom. The highest BCUT2D eigenvalue weighted by Crippen LogP contribution is 2.41. The quantitative estimate of drug-likeness (QED) is 0.784. The van der Waals surface area contributed by atoms with Crippen LogP contribution in [0.2, 0.25) is 0 Å². The topological polar surface area (TPSA) is 31.4 Å². The summed E-state index contributed by atoms with van der Waals surface area (Å²) in [5.41, 5.74) is 1.74. The molecule has 3 heterocycles. The fourth-order valence-electron chi connectivity index (χ4n) is 2.96. The molecular formula is C14H19NO2. The molecule has 0 aliphatic carbocycles. The van der Waals surface area contributed by atoms with E-state index in [1.165, 1.54) is 24.8 Å². The Morgan fingerprint density at radius 3 is 2.76 bits per heavy atom. The molecule has 2 aliphatic heterocycles. The second-order valence-electron chi connectivity index (χ2n) is 5.31. The van der Waals surface area contributed by atoms with Crippen molar-refractivity contribution >= 4 is 0 Å². The van der Waals surface area contributed by atoms with E-state index in [9.17, 15) is 0 Å². The van der Waals surface area contributed by atoms with Crippen molar-refractivity contribution in [1.29, 1.82) is 0 Å². The highest BCUT2D eigenvalue weighted by molar-refractivity contribution is 5.11. The monoisotopic (exact) mass is 233 g/mol. The summed E-state index contributed by atoms with van der Waals surface area (Å²) in [6.45, 7) is 2.74. The molecule has 3 rings (SSSR count). The largest absolute Gasteiger partial charge is 0.381 e. The Labute approximate surface area is 102 Å². The summed E-state index contributed by atoms with van der Waals surface area (Å²) in [5.74, 6) is 0. The zero-order chi connectivity index (χ0) is 11.6. The predicted octanol–water partition coefficient (Wildman–Crippen LogP) is 2.21. The minimum absolute atomic E-state index is 0.385. The van der Waals surface area contributed by atoms with Gasteiger partial charge in [0.25, 0.3) is 0 Å². The molecule has 2 saturated heterocycles. The summed E-state index contributed by atoms with van der Waals surface area (Å²) in [4.78, 5) is 4.05. The summed E-state index contributed by atoms with van der Waals surface area (Å²) in [6.07, 6.45) is 8.64. The van der Waals surface area contributed by atoms with Gasteiger partial charge in [0.05, 0.1) is 12.7 Å². The van der Waals surface area contributed by atoms with Crippen LogP contribution in [0.1, 0.15) is 24.8 Å². The number of hydrogen-bond donors (Lipinski definition) is 0. The van der Waals surface area contributed by atoms with Gasteiger partial charge in [-0.3, -0.25) is 4.98 Å². The molecule has 1 aromatic heterocycles. The molecular weight excluding hydrogens is 214 g/mol. The van der Waals surface area contributed by atoms with Crippen molar-refractivity contribution in [3.05, 3.63) is 30.1 Å². The first kappa shape index (κ1) is 11.2. The Balaban J connectivity index is 1.60. The number of aromatic nitrogens is 1. The van der Waals surface area contributed by atoms with E-state index in [-0.39, 0.29) is 0 Å². The van der Waals surface area contributed by atoms with E-state index in [1.54, 1.807) is 0 Å². The summed E-state index contributed by atoms with van der Waals surface area (Å²) in [6, 6.07) is 4.16. The lowest BCUT2D eigenvalue weighted by Gasteiger charge is -2.31. The van der Waals surface area contributed by atoms with Crippen molar-refractivity contribution < 1.29 is 9.47 Å². The van der Waals surface area contributed by atoms with Gasteiger partial charge in [0.1, 0.15) is 0 Å². The van der Waals surface area contributed by atoms with Crippen LogP contribution in [0.15, 0.2) is 24.5 Å². The maximum Gasteiger partial charge on any atom is 0.0621 e. The van der Waals surface area contributed by atoms with Crippen molar-refractivity contribution in [1.82, 2.24) is 4.98 Å². The number of nitrogens with zero attached hydrogens (tertiary/aromatic N) is 1. The van der Waals surface area contributed by atoms with E-state index in [1.807, 2.05) is 12.4 Å². The van der Waals surface area contributed by atoms with E-state index in [0.29, 0.717) is 11.5 Å². The lowest BCUT2D eigenvalue weighted by atomic mass is 9.78. The van der Waals surface area contributed by atoms with E-state index in [0.717, 1.165) is 26.2 Å². The molecule has 3 nitrogen and oxygen atoms in total. The molecule has 3 heteroatoms. The molecule has 0 N–H and O–H groups in total. The first-order valence-electron chi connectivity index (χ1n) is 6.45. The van der Waals surface area contributed by atoms with Gasteiger partial charge in [0, 0.05) is 31.0 Å². The van der Waals surface area contributed by atoms with Gasteiger partial charge in [-0.05, 0) is 43.4 Å². The van der Waals surface area contributed by atoms with Gasteiger partial charge in [0.15, 0.2) is 0 Å². The lowest BCUT2D eigenvalue weighted by Crippen LogP contribution is -2.30. The molecule has 0 radical (unpaired) electrons. The summed E-state index contributed by atoms with van der Waals surface area (Å²) < 4.78 is 11.4. The smallest absolute Gasteiger partial charge is 0.0621 e. The predicted molar refractivity (Wildman–Crippen MR) is 64.8 cm³/mol. The molecule has 2 aliphatic rings. The van der Waals surface area contributed by atoms with Crippen LogP contribution < -0.4 is 0 Å². The number of pyridine rings is 1.